The Balaban J connectivity index is 2.46. The fourth-order valence-electron chi connectivity index (χ4n) is 2.20. The predicted octanol–water partition coefficient (Wildman–Crippen LogP) is 3.04. The second-order valence-electron chi connectivity index (χ2n) is 4.76. The zero-order chi connectivity index (χ0) is 17.5. The highest BCUT2D eigenvalue weighted by atomic mass is 16.6. The van der Waals surface area contributed by atoms with Crippen molar-refractivity contribution in [3.8, 4) is 11.5 Å². The third-order valence-corrected chi connectivity index (χ3v) is 3.24. The van der Waals surface area contributed by atoms with Gasteiger partial charge in [-0.2, -0.15) is 0 Å². The highest BCUT2D eigenvalue weighted by Crippen LogP contribution is 2.32. The standard InChI is InChI=1S/C17H17NO6/c1-3-23-17(19)11-24-16-7-5-12-4-6-13(22-2)10-15(12)14(16)8-9-18(20)21/h4-10H,3,11H2,1-2H3/b9-8+. The first-order valence-electron chi connectivity index (χ1n) is 7.26. The van der Waals surface area contributed by atoms with E-state index in [9.17, 15) is 14.9 Å². The Kier molecular flexibility index (Phi) is 5.73. The third kappa shape index (κ3) is 4.22. The molecule has 0 aliphatic heterocycles. The van der Waals surface area contributed by atoms with Crippen LogP contribution >= 0.6 is 0 Å². The molecule has 0 heterocycles. The molecule has 0 bridgehead atoms. The molecule has 0 spiro atoms. The number of hydrogen-bond acceptors (Lipinski definition) is 6. The minimum absolute atomic E-state index is 0.255. The molecule has 0 aromatic heterocycles. The molecule has 0 radical (unpaired) electrons. The Hall–Kier alpha value is -3.09. The van der Waals surface area contributed by atoms with Crippen LogP contribution in [0.15, 0.2) is 36.5 Å². The quantitative estimate of drug-likeness (QED) is 0.440. The number of carbonyl (C=O) groups is 1. The molecule has 0 unspecified atom stereocenters. The third-order valence-electron chi connectivity index (χ3n) is 3.24. The molecule has 7 nitrogen and oxygen atoms in total. The van der Waals surface area contributed by atoms with E-state index in [1.807, 2.05) is 6.07 Å². The number of ether oxygens (including phenoxy) is 3. The summed E-state index contributed by atoms with van der Waals surface area (Å²) in [6.45, 7) is 1.68. The van der Waals surface area contributed by atoms with Crippen LogP contribution in [0.5, 0.6) is 11.5 Å². The Morgan fingerprint density at radius 3 is 2.71 bits per heavy atom. The predicted molar refractivity (Wildman–Crippen MR) is 88.7 cm³/mol. The zero-order valence-electron chi connectivity index (χ0n) is 13.4. The number of esters is 1. The van der Waals surface area contributed by atoms with Gasteiger partial charge in [0, 0.05) is 11.6 Å². The molecule has 2 rings (SSSR count). The molecule has 0 saturated heterocycles. The summed E-state index contributed by atoms with van der Waals surface area (Å²) < 4.78 is 15.5. The maximum Gasteiger partial charge on any atom is 0.344 e. The normalized spacial score (nSPS) is 10.8. The Labute approximate surface area is 138 Å². The molecular formula is C17H17NO6. The van der Waals surface area contributed by atoms with Gasteiger partial charge >= 0.3 is 5.97 Å². The van der Waals surface area contributed by atoms with Gasteiger partial charge in [-0.1, -0.05) is 12.1 Å². The highest BCUT2D eigenvalue weighted by molar-refractivity contribution is 5.94. The molecule has 0 amide bonds. The van der Waals surface area contributed by atoms with E-state index < -0.39 is 10.9 Å². The largest absolute Gasteiger partial charge is 0.497 e. The van der Waals surface area contributed by atoms with Gasteiger partial charge in [0.1, 0.15) is 11.5 Å². The van der Waals surface area contributed by atoms with Gasteiger partial charge < -0.3 is 14.2 Å². The van der Waals surface area contributed by atoms with E-state index in [0.29, 0.717) is 22.4 Å². The fraction of sp³-hybridized carbons (Fsp3) is 0.235. The lowest BCUT2D eigenvalue weighted by Gasteiger charge is -2.12. The summed E-state index contributed by atoms with van der Waals surface area (Å²) >= 11 is 0. The second-order valence-corrected chi connectivity index (χ2v) is 4.76. The fourth-order valence-corrected chi connectivity index (χ4v) is 2.20. The molecule has 0 atom stereocenters. The first-order valence-corrected chi connectivity index (χ1v) is 7.26. The molecule has 0 aliphatic carbocycles. The lowest BCUT2D eigenvalue weighted by molar-refractivity contribution is -0.400. The van der Waals surface area contributed by atoms with Crippen molar-refractivity contribution in [1.29, 1.82) is 0 Å². The van der Waals surface area contributed by atoms with Crippen molar-refractivity contribution in [2.45, 2.75) is 6.92 Å². The molecule has 126 valence electrons. The van der Waals surface area contributed by atoms with Crippen LogP contribution in [0.25, 0.3) is 16.8 Å². The first-order chi connectivity index (χ1) is 11.5. The molecule has 2 aromatic rings. The van der Waals surface area contributed by atoms with Crippen molar-refractivity contribution in [2.24, 2.45) is 0 Å². The summed E-state index contributed by atoms with van der Waals surface area (Å²) in [5, 5.41) is 12.3. The summed E-state index contributed by atoms with van der Waals surface area (Å²) in [4.78, 5) is 21.6. The van der Waals surface area contributed by atoms with Gasteiger partial charge in [0.15, 0.2) is 6.61 Å². The van der Waals surface area contributed by atoms with Crippen LogP contribution in [0.3, 0.4) is 0 Å². The van der Waals surface area contributed by atoms with Gasteiger partial charge in [-0.25, -0.2) is 4.79 Å². The molecular weight excluding hydrogens is 314 g/mol. The summed E-state index contributed by atoms with van der Waals surface area (Å²) in [6, 6.07) is 8.86. The van der Waals surface area contributed by atoms with Crippen LogP contribution < -0.4 is 9.47 Å². The molecule has 0 aliphatic rings. The van der Waals surface area contributed by atoms with Crippen molar-refractivity contribution in [2.75, 3.05) is 20.3 Å². The number of nitrogens with zero attached hydrogens (tertiary/aromatic N) is 1. The van der Waals surface area contributed by atoms with Crippen LogP contribution in [0.4, 0.5) is 0 Å². The molecule has 0 fully saturated rings. The lowest BCUT2D eigenvalue weighted by atomic mass is 10.0. The van der Waals surface area contributed by atoms with Gasteiger partial charge in [0.25, 0.3) is 0 Å². The van der Waals surface area contributed by atoms with Gasteiger partial charge in [0.05, 0.1) is 18.6 Å². The number of methoxy groups -OCH3 is 1. The van der Waals surface area contributed by atoms with Crippen molar-refractivity contribution in [1.82, 2.24) is 0 Å². The Bertz CT molecular complexity index is 784. The maximum absolute atomic E-state index is 11.5. The molecule has 7 heteroatoms. The van der Waals surface area contributed by atoms with Gasteiger partial charge in [-0.3, -0.25) is 10.1 Å². The zero-order valence-corrected chi connectivity index (χ0v) is 13.4. The average Bonchev–Trinajstić information content (AvgIpc) is 2.57. The Morgan fingerprint density at radius 1 is 1.29 bits per heavy atom. The van der Waals surface area contributed by atoms with E-state index in [1.165, 1.54) is 13.2 Å². The van der Waals surface area contributed by atoms with E-state index in [0.717, 1.165) is 11.6 Å². The molecule has 0 saturated carbocycles. The summed E-state index contributed by atoms with van der Waals surface area (Å²) in [7, 11) is 1.54. The van der Waals surface area contributed by atoms with Gasteiger partial charge in [0.2, 0.25) is 6.20 Å². The van der Waals surface area contributed by atoms with E-state index in [1.54, 1.807) is 31.2 Å². The number of hydrogen-bond donors (Lipinski definition) is 0. The second kappa shape index (κ2) is 7.96. The summed E-state index contributed by atoms with van der Waals surface area (Å²) in [6.07, 6.45) is 2.16. The summed E-state index contributed by atoms with van der Waals surface area (Å²) in [5.41, 5.74) is 0.493. The van der Waals surface area contributed by atoms with Crippen LogP contribution in [-0.4, -0.2) is 31.2 Å². The van der Waals surface area contributed by atoms with Crippen LogP contribution in [0.1, 0.15) is 12.5 Å². The van der Waals surface area contributed by atoms with Crippen molar-refractivity contribution in [3.63, 3.8) is 0 Å². The minimum Gasteiger partial charge on any atom is -0.497 e. The lowest BCUT2D eigenvalue weighted by Crippen LogP contribution is -2.15. The van der Waals surface area contributed by atoms with E-state index in [-0.39, 0.29) is 13.2 Å². The summed E-state index contributed by atoms with van der Waals surface area (Å²) in [5.74, 6) is 0.454. The van der Waals surface area contributed by atoms with Crippen molar-refractivity contribution < 1.29 is 23.9 Å². The average molecular weight is 331 g/mol. The number of carbonyl (C=O) groups excluding carboxylic acids is 1. The van der Waals surface area contributed by atoms with Crippen LogP contribution in [0, 0.1) is 10.1 Å². The van der Waals surface area contributed by atoms with Gasteiger partial charge in [-0.05, 0) is 35.9 Å². The SMILES string of the molecule is CCOC(=O)COc1ccc2ccc(OC)cc2c1/C=C/[N+](=O)[O-]. The number of benzene rings is 2. The van der Waals surface area contributed by atoms with Crippen molar-refractivity contribution >= 4 is 22.8 Å². The molecule has 2 aromatic carbocycles. The first kappa shape index (κ1) is 17.3. The van der Waals surface area contributed by atoms with E-state index >= 15 is 0 Å². The minimum atomic E-state index is -0.561. The van der Waals surface area contributed by atoms with E-state index in [4.69, 9.17) is 14.2 Å². The maximum atomic E-state index is 11.5. The highest BCUT2D eigenvalue weighted by Gasteiger charge is 2.11. The van der Waals surface area contributed by atoms with Crippen LogP contribution in [-0.2, 0) is 9.53 Å². The van der Waals surface area contributed by atoms with Gasteiger partial charge in [-0.15, -0.1) is 0 Å². The molecule has 0 N–H and O–H groups in total. The number of rotatable bonds is 7. The van der Waals surface area contributed by atoms with E-state index in [2.05, 4.69) is 0 Å². The molecule has 24 heavy (non-hydrogen) atoms. The number of nitro groups is 1. The topological polar surface area (TPSA) is 87.9 Å². The smallest absolute Gasteiger partial charge is 0.344 e. The van der Waals surface area contributed by atoms with Crippen molar-refractivity contribution in [3.05, 3.63) is 52.2 Å². The number of fused-ring (bicyclic) bond motifs is 1. The van der Waals surface area contributed by atoms with Crippen LogP contribution in [0.2, 0.25) is 0 Å². The monoisotopic (exact) mass is 331 g/mol. The Morgan fingerprint density at radius 2 is 2.04 bits per heavy atom.